The summed E-state index contributed by atoms with van der Waals surface area (Å²) in [7, 11) is 1.53. The first-order valence-corrected chi connectivity index (χ1v) is 13.9. The molecule has 2 aromatic carbocycles. The van der Waals surface area contributed by atoms with E-state index in [1.165, 1.54) is 16.9 Å². The number of imide groups is 1. The van der Waals surface area contributed by atoms with E-state index >= 15 is 0 Å². The molecule has 3 amide bonds. The number of fused-ring (bicyclic) bond motifs is 1. The second-order valence-electron chi connectivity index (χ2n) is 9.67. The fourth-order valence-corrected chi connectivity index (χ4v) is 6.66. The molecule has 5 atom stereocenters. The fourth-order valence-electron chi connectivity index (χ4n) is 5.43. The van der Waals surface area contributed by atoms with E-state index in [9.17, 15) is 19.2 Å². The number of amides is 3. The second kappa shape index (κ2) is 10.2. The summed E-state index contributed by atoms with van der Waals surface area (Å²) in [5, 5.41) is 0. The SMILES string of the molecule is COc1ccccc1N1C[C@H](C(=O)Oc2ccc(N3C(=O)[C@H]4C[C@H](Br)[C@@H](Br)C[C@H]4C3=O)c(C)c2)CC1=O. The molecule has 3 fully saturated rings. The number of halogens is 2. The lowest BCUT2D eigenvalue weighted by Crippen LogP contribution is -2.34. The molecule has 2 saturated heterocycles. The number of carbonyl (C=O) groups excluding carboxylic acids is 4. The molecule has 0 radical (unpaired) electrons. The molecule has 0 spiro atoms. The topological polar surface area (TPSA) is 93.2 Å². The standard InChI is InChI=1S/C27H26Br2N2O6/c1-14-9-16(7-8-21(14)31-25(33)17-11-19(28)20(29)12-18(17)26(31)34)37-27(35)15-10-24(32)30(13-15)22-5-3-4-6-23(22)36-2/h3-9,15,17-20H,10-13H2,1-2H3/t15-,17-,18+,19+,20+/m1/s1. The highest BCUT2D eigenvalue weighted by Gasteiger charge is 2.52. The van der Waals surface area contributed by atoms with Gasteiger partial charge in [-0.3, -0.25) is 19.2 Å². The van der Waals surface area contributed by atoms with E-state index in [0.717, 1.165) is 0 Å². The molecule has 5 rings (SSSR count). The Morgan fingerprint density at radius 3 is 2.22 bits per heavy atom. The zero-order valence-electron chi connectivity index (χ0n) is 20.4. The molecule has 1 aliphatic carbocycles. The highest BCUT2D eigenvalue weighted by molar-refractivity contribution is 9.12. The highest BCUT2D eigenvalue weighted by Crippen LogP contribution is 2.45. The Hall–Kier alpha value is -2.72. The van der Waals surface area contributed by atoms with Gasteiger partial charge < -0.3 is 14.4 Å². The van der Waals surface area contributed by atoms with Crippen LogP contribution < -0.4 is 19.3 Å². The summed E-state index contributed by atoms with van der Waals surface area (Å²) < 4.78 is 11.0. The summed E-state index contributed by atoms with van der Waals surface area (Å²) in [6, 6.07) is 12.0. The Kier molecular flexibility index (Phi) is 7.15. The van der Waals surface area contributed by atoms with Crippen molar-refractivity contribution in [3.05, 3.63) is 48.0 Å². The number of esters is 1. The number of methoxy groups -OCH3 is 1. The Morgan fingerprint density at radius 2 is 1.59 bits per heavy atom. The smallest absolute Gasteiger partial charge is 0.316 e. The van der Waals surface area contributed by atoms with Gasteiger partial charge in [-0.15, -0.1) is 0 Å². The van der Waals surface area contributed by atoms with Gasteiger partial charge in [-0.05, 0) is 55.7 Å². The van der Waals surface area contributed by atoms with Crippen LogP contribution in [0.5, 0.6) is 11.5 Å². The molecule has 3 aliphatic rings. The lowest BCUT2D eigenvalue weighted by Gasteiger charge is -2.29. The van der Waals surface area contributed by atoms with E-state index in [1.54, 1.807) is 37.3 Å². The van der Waals surface area contributed by atoms with Crippen molar-refractivity contribution in [3.8, 4) is 11.5 Å². The second-order valence-corrected chi connectivity index (χ2v) is 12.0. The number of nitrogens with zero attached hydrogens (tertiary/aromatic N) is 2. The van der Waals surface area contributed by atoms with Gasteiger partial charge in [-0.2, -0.15) is 0 Å². The molecule has 1 saturated carbocycles. The Labute approximate surface area is 231 Å². The number of aryl methyl sites for hydroxylation is 1. The molecule has 0 aromatic heterocycles. The van der Waals surface area contributed by atoms with E-state index in [4.69, 9.17) is 9.47 Å². The van der Waals surface area contributed by atoms with E-state index in [0.29, 0.717) is 41.3 Å². The number of ether oxygens (including phenoxy) is 2. The number of carbonyl (C=O) groups is 4. The summed E-state index contributed by atoms with van der Waals surface area (Å²) in [5.41, 5.74) is 1.76. The lowest BCUT2D eigenvalue weighted by molar-refractivity contribution is -0.139. The van der Waals surface area contributed by atoms with E-state index in [1.807, 2.05) is 12.1 Å². The summed E-state index contributed by atoms with van der Waals surface area (Å²) in [6.07, 6.45) is 1.24. The summed E-state index contributed by atoms with van der Waals surface area (Å²) in [4.78, 5) is 55.0. The number of para-hydroxylation sites is 2. The maximum atomic E-state index is 13.2. The Morgan fingerprint density at radius 1 is 0.946 bits per heavy atom. The van der Waals surface area contributed by atoms with Crippen molar-refractivity contribution in [2.75, 3.05) is 23.5 Å². The first kappa shape index (κ1) is 25.9. The third-order valence-corrected chi connectivity index (χ3v) is 10.1. The van der Waals surface area contributed by atoms with Crippen molar-refractivity contribution in [3.63, 3.8) is 0 Å². The van der Waals surface area contributed by atoms with Gasteiger partial charge in [0.1, 0.15) is 11.5 Å². The number of rotatable bonds is 5. The molecule has 194 valence electrons. The quantitative estimate of drug-likeness (QED) is 0.210. The number of hydrogen-bond donors (Lipinski definition) is 0. The molecule has 0 bridgehead atoms. The number of hydrogen-bond acceptors (Lipinski definition) is 6. The third kappa shape index (κ3) is 4.69. The maximum absolute atomic E-state index is 13.2. The molecular weight excluding hydrogens is 608 g/mol. The van der Waals surface area contributed by atoms with Crippen molar-refractivity contribution in [1.29, 1.82) is 0 Å². The molecular formula is C27H26Br2N2O6. The average molecular weight is 634 g/mol. The van der Waals surface area contributed by atoms with Crippen LogP contribution in [0.1, 0.15) is 24.8 Å². The van der Waals surface area contributed by atoms with Gasteiger partial charge in [0.2, 0.25) is 17.7 Å². The minimum atomic E-state index is -0.628. The summed E-state index contributed by atoms with van der Waals surface area (Å²) in [5.74, 6) is -1.52. The average Bonchev–Trinajstić information content (AvgIpc) is 3.37. The molecule has 0 unspecified atom stereocenters. The van der Waals surface area contributed by atoms with Crippen LogP contribution in [0, 0.1) is 24.7 Å². The monoisotopic (exact) mass is 632 g/mol. The number of anilines is 2. The van der Waals surface area contributed by atoms with Crippen molar-refractivity contribution in [2.24, 2.45) is 17.8 Å². The maximum Gasteiger partial charge on any atom is 0.316 e. The van der Waals surface area contributed by atoms with E-state index < -0.39 is 11.9 Å². The summed E-state index contributed by atoms with van der Waals surface area (Å²) in [6.45, 7) is 1.97. The molecule has 2 heterocycles. The van der Waals surface area contributed by atoms with Crippen LogP contribution in [0.2, 0.25) is 0 Å². The predicted octanol–water partition coefficient (Wildman–Crippen LogP) is 4.39. The van der Waals surface area contributed by atoms with Crippen LogP contribution in [0.3, 0.4) is 0 Å². The van der Waals surface area contributed by atoms with Crippen LogP contribution in [-0.4, -0.2) is 47.0 Å². The first-order chi connectivity index (χ1) is 17.7. The van der Waals surface area contributed by atoms with Gasteiger partial charge in [0.05, 0.1) is 36.2 Å². The normalized spacial score (nSPS) is 27.5. The van der Waals surface area contributed by atoms with Gasteiger partial charge in [0, 0.05) is 22.6 Å². The molecule has 37 heavy (non-hydrogen) atoms. The largest absolute Gasteiger partial charge is 0.495 e. The van der Waals surface area contributed by atoms with Gasteiger partial charge in [-0.25, -0.2) is 4.90 Å². The molecule has 2 aromatic rings. The predicted molar refractivity (Wildman–Crippen MR) is 144 cm³/mol. The van der Waals surface area contributed by atoms with Crippen LogP contribution in [0.25, 0.3) is 0 Å². The molecule has 8 nitrogen and oxygen atoms in total. The van der Waals surface area contributed by atoms with Crippen LogP contribution >= 0.6 is 31.9 Å². The molecule has 0 N–H and O–H groups in total. The van der Waals surface area contributed by atoms with Crippen LogP contribution in [0.4, 0.5) is 11.4 Å². The number of alkyl halides is 2. The van der Waals surface area contributed by atoms with Crippen molar-refractivity contribution in [2.45, 2.75) is 35.8 Å². The first-order valence-electron chi connectivity index (χ1n) is 12.1. The van der Waals surface area contributed by atoms with E-state index in [2.05, 4.69) is 31.9 Å². The van der Waals surface area contributed by atoms with Gasteiger partial charge in [-0.1, -0.05) is 44.0 Å². The molecule has 2 aliphatic heterocycles. The van der Waals surface area contributed by atoms with Crippen LogP contribution in [0.15, 0.2) is 42.5 Å². The fraction of sp³-hybridized carbons (Fsp3) is 0.407. The Balaban J connectivity index is 1.29. The van der Waals surface area contributed by atoms with E-state index in [-0.39, 0.29) is 52.2 Å². The summed E-state index contributed by atoms with van der Waals surface area (Å²) >= 11 is 7.22. The van der Waals surface area contributed by atoms with Crippen LogP contribution in [-0.2, 0) is 19.2 Å². The van der Waals surface area contributed by atoms with Gasteiger partial charge in [0.25, 0.3) is 0 Å². The van der Waals surface area contributed by atoms with Gasteiger partial charge >= 0.3 is 5.97 Å². The Bertz CT molecular complexity index is 1260. The lowest BCUT2D eigenvalue weighted by atomic mass is 9.81. The minimum absolute atomic E-state index is 0.0383. The number of benzene rings is 2. The minimum Gasteiger partial charge on any atom is -0.495 e. The van der Waals surface area contributed by atoms with Gasteiger partial charge in [0.15, 0.2) is 0 Å². The third-order valence-electron chi connectivity index (χ3n) is 7.37. The molecule has 10 heteroatoms. The van der Waals surface area contributed by atoms with Crippen molar-refractivity contribution < 1.29 is 28.7 Å². The highest BCUT2D eigenvalue weighted by atomic mass is 79.9. The van der Waals surface area contributed by atoms with Crippen molar-refractivity contribution in [1.82, 2.24) is 0 Å². The van der Waals surface area contributed by atoms with Crippen molar-refractivity contribution >= 4 is 66.9 Å². The zero-order valence-corrected chi connectivity index (χ0v) is 23.5. The zero-order chi connectivity index (χ0) is 26.4.